The molecule has 25 heavy (non-hydrogen) atoms. The second-order valence-electron chi connectivity index (χ2n) is 5.92. The van der Waals surface area contributed by atoms with Gasteiger partial charge >= 0.3 is 6.18 Å². The molecule has 0 unspecified atom stereocenters. The summed E-state index contributed by atoms with van der Waals surface area (Å²) in [5, 5.41) is 2.24. The van der Waals surface area contributed by atoms with Crippen LogP contribution in [0.3, 0.4) is 0 Å². The van der Waals surface area contributed by atoms with Gasteiger partial charge in [0.25, 0.3) is 5.56 Å². The number of para-hydroxylation sites is 1. The van der Waals surface area contributed by atoms with Crippen molar-refractivity contribution in [1.82, 2.24) is 9.55 Å². The van der Waals surface area contributed by atoms with Gasteiger partial charge in [0.1, 0.15) is 12.4 Å². The highest BCUT2D eigenvalue weighted by Gasteiger charge is 2.33. The number of anilines is 1. The van der Waals surface area contributed by atoms with Crippen LogP contribution in [0.2, 0.25) is 0 Å². The van der Waals surface area contributed by atoms with Crippen LogP contribution in [0.5, 0.6) is 0 Å². The van der Waals surface area contributed by atoms with Crippen molar-refractivity contribution in [2.45, 2.75) is 38.9 Å². The molecule has 1 N–H and O–H groups in total. The highest BCUT2D eigenvalue weighted by Crippen LogP contribution is 2.34. The number of carbonyl (C=O) groups excluding carboxylic acids is 1. The number of halogens is 3. The third kappa shape index (κ3) is 3.42. The second kappa shape index (κ2) is 6.34. The first-order valence-electron chi connectivity index (χ1n) is 7.82. The third-order valence-corrected chi connectivity index (χ3v) is 4.19. The molecule has 2 aromatic rings. The van der Waals surface area contributed by atoms with E-state index in [9.17, 15) is 22.8 Å². The van der Waals surface area contributed by atoms with Gasteiger partial charge in [-0.15, -0.1) is 0 Å². The van der Waals surface area contributed by atoms with E-state index in [1.54, 1.807) is 6.92 Å². The standard InChI is InChI=1S/C17H16F3N3O2/c1-10-21-13-8-4-5-11(13)16(25)23(10)9-15(24)22-14-7-3-2-6-12(14)17(18,19)20/h2-3,6-7H,4-5,8-9H2,1H3,(H,22,24). The molecule has 5 nitrogen and oxygen atoms in total. The van der Waals surface area contributed by atoms with E-state index in [0.29, 0.717) is 17.8 Å². The maximum atomic E-state index is 13.0. The summed E-state index contributed by atoms with van der Waals surface area (Å²) in [4.78, 5) is 29.0. The van der Waals surface area contributed by atoms with Crippen LogP contribution in [0.15, 0.2) is 29.1 Å². The van der Waals surface area contributed by atoms with Gasteiger partial charge in [0.05, 0.1) is 16.9 Å². The number of nitrogens with one attached hydrogen (secondary N) is 1. The molecular weight excluding hydrogens is 335 g/mol. The Balaban J connectivity index is 1.85. The van der Waals surface area contributed by atoms with Gasteiger partial charge in [0.15, 0.2) is 0 Å². The smallest absolute Gasteiger partial charge is 0.324 e. The van der Waals surface area contributed by atoms with E-state index in [0.717, 1.165) is 24.6 Å². The molecule has 1 heterocycles. The molecule has 1 amide bonds. The summed E-state index contributed by atoms with van der Waals surface area (Å²) in [6, 6.07) is 4.72. The lowest BCUT2D eigenvalue weighted by Crippen LogP contribution is -2.32. The van der Waals surface area contributed by atoms with Crippen molar-refractivity contribution in [1.29, 1.82) is 0 Å². The number of amides is 1. The Morgan fingerprint density at radius 1 is 1.28 bits per heavy atom. The molecule has 0 fully saturated rings. The fourth-order valence-corrected chi connectivity index (χ4v) is 3.01. The summed E-state index contributed by atoms with van der Waals surface area (Å²) in [6.07, 6.45) is -2.39. The predicted octanol–water partition coefficient (Wildman–Crippen LogP) is 2.70. The first kappa shape index (κ1) is 17.2. The largest absolute Gasteiger partial charge is 0.418 e. The second-order valence-corrected chi connectivity index (χ2v) is 5.92. The van der Waals surface area contributed by atoms with Gasteiger partial charge in [-0.25, -0.2) is 4.98 Å². The fraction of sp³-hybridized carbons (Fsp3) is 0.353. The maximum Gasteiger partial charge on any atom is 0.418 e. The number of aryl methyl sites for hydroxylation is 2. The minimum absolute atomic E-state index is 0.292. The molecule has 1 aromatic carbocycles. The Kier molecular flexibility index (Phi) is 4.36. The summed E-state index contributed by atoms with van der Waals surface area (Å²) in [5.41, 5.74) is -0.214. The van der Waals surface area contributed by atoms with Crippen LogP contribution in [0.4, 0.5) is 18.9 Å². The SMILES string of the molecule is Cc1nc2c(c(=O)n1CC(=O)Nc1ccccc1C(F)(F)F)CCC2. The van der Waals surface area contributed by atoms with Crippen LogP contribution >= 0.6 is 0 Å². The first-order valence-corrected chi connectivity index (χ1v) is 7.82. The molecule has 0 aliphatic heterocycles. The Morgan fingerprint density at radius 2 is 2.00 bits per heavy atom. The van der Waals surface area contributed by atoms with Crippen LogP contribution in [-0.2, 0) is 30.4 Å². The summed E-state index contributed by atoms with van der Waals surface area (Å²) < 4.78 is 40.2. The van der Waals surface area contributed by atoms with E-state index in [1.807, 2.05) is 0 Å². The van der Waals surface area contributed by atoms with Crippen molar-refractivity contribution in [3.63, 3.8) is 0 Å². The zero-order valence-corrected chi connectivity index (χ0v) is 13.5. The number of benzene rings is 1. The molecule has 1 aromatic heterocycles. The molecule has 0 saturated heterocycles. The Hall–Kier alpha value is -2.64. The van der Waals surface area contributed by atoms with E-state index in [4.69, 9.17) is 0 Å². The minimum atomic E-state index is -4.58. The molecule has 0 spiro atoms. The van der Waals surface area contributed by atoms with E-state index >= 15 is 0 Å². The average molecular weight is 351 g/mol. The van der Waals surface area contributed by atoms with Crippen molar-refractivity contribution in [2.75, 3.05) is 5.32 Å². The lowest BCUT2D eigenvalue weighted by Gasteiger charge is -2.15. The highest BCUT2D eigenvalue weighted by atomic mass is 19.4. The fourth-order valence-electron chi connectivity index (χ4n) is 3.01. The van der Waals surface area contributed by atoms with Crippen LogP contribution in [-0.4, -0.2) is 15.5 Å². The van der Waals surface area contributed by atoms with Gasteiger partial charge in [-0.1, -0.05) is 12.1 Å². The Morgan fingerprint density at radius 3 is 2.72 bits per heavy atom. The van der Waals surface area contributed by atoms with Crippen molar-refractivity contribution < 1.29 is 18.0 Å². The van der Waals surface area contributed by atoms with Crippen LogP contribution < -0.4 is 10.9 Å². The Labute approximate surface area is 141 Å². The number of alkyl halides is 3. The van der Waals surface area contributed by atoms with Gasteiger partial charge in [-0.3, -0.25) is 14.2 Å². The monoisotopic (exact) mass is 351 g/mol. The summed E-state index contributed by atoms with van der Waals surface area (Å²) in [6.45, 7) is 1.23. The minimum Gasteiger partial charge on any atom is -0.324 e. The van der Waals surface area contributed by atoms with Crippen molar-refractivity contribution in [2.24, 2.45) is 0 Å². The van der Waals surface area contributed by atoms with Gasteiger partial charge in [0.2, 0.25) is 5.91 Å². The number of rotatable bonds is 3. The highest BCUT2D eigenvalue weighted by molar-refractivity contribution is 5.91. The van der Waals surface area contributed by atoms with E-state index in [2.05, 4.69) is 10.3 Å². The van der Waals surface area contributed by atoms with Crippen molar-refractivity contribution in [3.05, 3.63) is 57.3 Å². The van der Waals surface area contributed by atoms with E-state index in [1.165, 1.54) is 22.8 Å². The van der Waals surface area contributed by atoms with Gasteiger partial charge in [-0.2, -0.15) is 13.2 Å². The molecular formula is C17H16F3N3O2. The zero-order chi connectivity index (χ0) is 18.2. The molecule has 132 valence electrons. The summed E-state index contributed by atoms with van der Waals surface area (Å²) in [7, 11) is 0. The van der Waals surface area contributed by atoms with Gasteiger partial charge in [0, 0.05) is 5.56 Å². The molecule has 1 aliphatic carbocycles. The van der Waals surface area contributed by atoms with Gasteiger partial charge in [-0.05, 0) is 38.3 Å². The number of aromatic nitrogens is 2. The van der Waals surface area contributed by atoms with Crippen LogP contribution in [0.1, 0.15) is 29.1 Å². The lowest BCUT2D eigenvalue weighted by molar-refractivity contribution is -0.137. The first-order chi connectivity index (χ1) is 11.8. The molecule has 0 atom stereocenters. The number of hydrogen-bond acceptors (Lipinski definition) is 3. The Bertz CT molecular complexity index is 888. The van der Waals surface area contributed by atoms with Crippen LogP contribution in [0.25, 0.3) is 0 Å². The maximum absolute atomic E-state index is 13.0. The molecule has 0 radical (unpaired) electrons. The number of hydrogen-bond donors (Lipinski definition) is 1. The van der Waals surface area contributed by atoms with Gasteiger partial charge < -0.3 is 5.32 Å². The number of nitrogens with zero attached hydrogens (tertiary/aromatic N) is 2. The molecule has 8 heteroatoms. The third-order valence-electron chi connectivity index (χ3n) is 4.19. The molecule has 0 saturated carbocycles. The quantitative estimate of drug-likeness (QED) is 0.925. The topological polar surface area (TPSA) is 64.0 Å². The molecule has 0 bridgehead atoms. The predicted molar refractivity (Wildman–Crippen MR) is 85.3 cm³/mol. The van der Waals surface area contributed by atoms with Crippen molar-refractivity contribution in [3.8, 4) is 0 Å². The average Bonchev–Trinajstić information content (AvgIpc) is 2.99. The van der Waals surface area contributed by atoms with E-state index in [-0.39, 0.29) is 17.8 Å². The normalized spacial score (nSPS) is 13.6. The van der Waals surface area contributed by atoms with E-state index < -0.39 is 17.6 Å². The summed E-state index contributed by atoms with van der Waals surface area (Å²) >= 11 is 0. The van der Waals surface area contributed by atoms with Crippen LogP contribution in [0, 0.1) is 6.92 Å². The molecule has 3 rings (SSSR count). The number of carbonyl (C=O) groups is 1. The van der Waals surface area contributed by atoms with Crippen molar-refractivity contribution >= 4 is 11.6 Å². The number of fused-ring (bicyclic) bond motifs is 1. The lowest BCUT2D eigenvalue weighted by atomic mass is 10.1. The molecule has 1 aliphatic rings. The summed E-state index contributed by atoms with van der Waals surface area (Å²) in [5.74, 6) is -0.327. The zero-order valence-electron chi connectivity index (χ0n) is 13.5.